The van der Waals surface area contributed by atoms with E-state index in [0.717, 1.165) is 17.7 Å². The fourth-order valence-electron chi connectivity index (χ4n) is 4.15. The first kappa shape index (κ1) is 28.5. The van der Waals surface area contributed by atoms with E-state index in [4.69, 9.17) is 14.2 Å². The quantitative estimate of drug-likeness (QED) is 0.243. The minimum Gasteiger partial charge on any atom is -0.496 e. The number of methoxy groups -OCH3 is 1. The van der Waals surface area contributed by atoms with Crippen LogP contribution in [0.15, 0.2) is 35.9 Å². The first-order chi connectivity index (χ1) is 18.0. The third kappa shape index (κ3) is 6.45. The summed E-state index contributed by atoms with van der Waals surface area (Å²) in [6.07, 6.45) is -2.54. The molecule has 0 atom stereocenters. The van der Waals surface area contributed by atoms with Crippen molar-refractivity contribution in [3.05, 3.63) is 63.7 Å². The normalized spacial score (nSPS) is 13.0. The number of para-hydroxylation sites is 1. The SMILES string of the molecule is CCNC(=O)Nc1c(C/C=C(\C)CCC(=O)Oc2ccccc2C(F)(F)F)c(OC)c(C)c2c1C(=O)OC2. The summed E-state index contributed by atoms with van der Waals surface area (Å²) in [6, 6.07) is 4.03. The molecule has 11 heteroatoms. The number of alkyl halides is 3. The van der Waals surface area contributed by atoms with Crippen molar-refractivity contribution in [1.29, 1.82) is 0 Å². The lowest BCUT2D eigenvalue weighted by molar-refractivity contribution is -0.142. The average molecular weight is 535 g/mol. The number of esters is 2. The first-order valence-corrected chi connectivity index (χ1v) is 11.9. The second kappa shape index (κ2) is 12.0. The largest absolute Gasteiger partial charge is 0.496 e. The Kier molecular flexibility index (Phi) is 9.03. The molecule has 2 N–H and O–H groups in total. The Morgan fingerprint density at radius 2 is 1.89 bits per heavy atom. The van der Waals surface area contributed by atoms with Crippen molar-refractivity contribution >= 4 is 23.7 Å². The number of hydrogen-bond donors (Lipinski definition) is 2. The van der Waals surface area contributed by atoms with Gasteiger partial charge in [-0.15, -0.1) is 0 Å². The second-order valence-corrected chi connectivity index (χ2v) is 8.65. The predicted molar refractivity (Wildman–Crippen MR) is 133 cm³/mol. The molecular formula is C27H29F3N2O6. The number of benzene rings is 2. The van der Waals surface area contributed by atoms with E-state index in [0.29, 0.717) is 29.0 Å². The van der Waals surface area contributed by atoms with E-state index < -0.39 is 35.5 Å². The number of amides is 2. The minimum absolute atomic E-state index is 0.0646. The monoisotopic (exact) mass is 534 g/mol. The summed E-state index contributed by atoms with van der Waals surface area (Å²) in [6.45, 7) is 5.75. The summed E-state index contributed by atoms with van der Waals surface area (Å²) < 4.78 is 55.3. The highest BCUT2D eigenvalue weighted by atomic mass is 19.4. The van der Waals surface area contributed by atoms with E-state index in [-0.39, 0.29) is 37.1 Å². The molecule has 0 bridgehead atoms. The predicted octanol–water partition coefficient (Wildman–Crippen LogP) is 5.71. The standard InChI is InChI=1S/C27H29F3N2O6/c1-5-31-26(35)32-23-17(24(36-4)16(3)18-14-37-25(34)22(18)23)12-10-15(2)11-13-21(33)38-20-9-7-6-8-19(20)27(28,29)30/h6-10H,5,11-14H2,1-4H3,(H2,31,32,35)/b15-10+. The molecule has 0 aromatic heterocycles. The van der Waals surface area contributed by atoms with Gasteiger partial charge >= 0.3 is 24.1 Å². The number of allylic oxidation sites excluding steroid dienone is 2. The molecule has 0 saturated carbocycles. The van der Waals surface area contributed by atoms with Crippen molar-refractivity contribution in [2.45, 2.75) is 52.8 Å². The van der Waals surface area contributed by atoms with Crippen molar-refractivity contribution in [1.82, 2.24) is 5.32 Å². The summed E-state index contributed by atoms with van der Waals surface area (Å²) >= 11 is 0. The lowest BCUT2D eigenvalue weighted by Gasteiger charge is -2.20. The van der Waals surface area contributed by atoms with Crippen LogP contribution in [0.3, 0.4) is 0 Å². The molecule has 0 saturated heterocycles. The van der Waals surface area contributed by atoms with Gasteiger partial charge in [-0.2, -0.15) is 13.2 Å². The number of anilines is 1. The summed E-state index contributed by atoms with van der Waals surface area (Å²) in [4.78, 5) is 37.1. The van der Waals surface area contributed by atoms with Crippen LogP contribution >= 0.6 is 0 Å². The molecule has 0 spiro atoms. The fourth-order valence-corrected chi connectivity index (χ4v) is 4.15. The first-order valence-electron chi connectivity index (χ1n) is 11.9. The van der Waals surface area contributed by atoms with Gasteiger partial charge in [-0.1, -0.05) is 23.8 Å². The maximum absolute atomic E-state index is 13.2. The van der Waals surface area contributed by atoms with Gasteiger partial charge in [0.1, 0.15) is 18.1 Å². The number of carbonyl (C=O) groups is 3. The molecule has 0 aliphatic carbocycles. The topological polar surface area (TPSA) is 103 Å². The van der Waals surface area contributed by atoms with Gasteiger partial charge in [0.25, 0.3) is 0 Å². The zero-order chi connectivity index (χ0) is 28.0. The van der Waals surface area contributed by atoms with Crippen LogP contribution in [0.25, 0.3) is 0 Å². The maximum Gasteiger partial charge on any atom is 0.419 e. The van der Waals surface area contributed by atoms with Crippen molar-refractivity contribution < 1.29 is 41.8 Å². The van der Waals surface area contributed by atoms with Crippen LogP contribution in [-0.4, -0.2) is 31.6 Å². The molecule has 0 unspecified atom stereocenters. The van der Waals surface area contributed by atoms with E-state index in [9.17, 15) is 27.6 Å². The summed E-state index contributed by atoms with van der Waals surface area (Å²) in [7, 11) is 1.48. The number of halogens is 3. The molecule has 2 amide bonds. The van der Waals surface area contributed by atoms with Gasteiger partial charge in [0.15, 0.2) is 0 Å². The molecule has 0 fully saturated rings. The number of fused-ring (bicyclic) bond motifs is 1. The van der Waals surface area contributed by atoms with Crippen LogP contribution in [0.4, 0.5) is 23.7 Å². The van der Waals surface area contributed by atoms with Crippen LogP contribution in [-0.2, 0) is 28.7 Å². The van der Waals surface area contributed by atoms with E-state index in [1.807, 2.05) is 0 Å². The fraction of sp³-hybridized carbons (Fsp3) is 0.370. The molecule has 204 valence electrons. The van der Waals surface area contributed by atoms with Gasteiger partial charge < -0.3 is 24.8 Å². The number of nitrogens with one attached hydrogen (secondary N) is 2. The minimum atomic E-state index is -4.65. The molecule has 3 rings (SSSR count). The van der Waals surface area contributed by atoms with E-state index in [1.165, 1.54) is 19.2 Å². The summed E-state index contributed by atoms with van der Waals surface area (Å²) in [5.74, 6) is -1.41. The number of cyclic esters (lactones) is 1. The van der Waals surface area contributed by atoms with Crippen molar-refractivity contribution in [2.75, 3.05) is 19.0 Å². The molecule has 38 heavy (non-hydrogen) atoms. The average Bonchev–Trinajstić information content (AvgIpc) is 3.25. The van der Waals surface area contributed by atoms with Crippen molar-refractivity contribution in [3.63, 3.8) is 0 Å². The number of carbonyl (C=O) groups excluding carboxylic acids is 3. The van der Waals surface area contributed by atoms with Gasteiger partial charge in [0.2, 0.25) is 0 Å². The molecule has 1 heterocycles. The third-order valence-corrected chi connectivity index (χ3v) is 6.05. The van der Waals surface area contributed by atoms with Gasteiger partial charge in [-0.25, -0.2) is 9.59 Å². The van der Waals surface area contributed by atoms with Crippen LogP contribution in [0.5, 0.6) is 11.5 Å². The molecule has 1 aliphatic heterocycles. The molecule has 8 nitrogen and oxygen atoms in total. The summed E-state index contributed by atoms with van der Waals surface area (Å²) in [5, 5.41) is 5.37. The van der Waals surface area contributed by atoms with E-state index in [1.54, 1.807) is 26.8 Å². The third-order valence-electron chi connectivity index (χ3n) is 6.05. The number of rotatable bonds is 9. The molecular weight excluding hydrogens is 505 g/mol. The lowest BCUT2D eigenvalue weighted by Crippen LogP contribution is -2.29. The Labute approximate surface area is 218 Å². The maximum atomic E-state index is 13.2. The smallest absolute Gasteiger partial charge is 0.419 e. The second-order valence-electron chi connectivity index (χ2n) is 8.65. The van der Waals surface area contributed by atoms with E-state index >= 15 is 0 Å². The van der Waals surface area contributed by atoms with Gasteiger partial charge in [-0.3, -0.25) is 4.79 Å². The van der Waals surface area contributed by atoms with Crippen LogP contribution in [0.2, 0.25) is 0 Å². The molecule has 2 aromatic carbocycles. The Bertz CT molecular complexity index is 1270. The van der Waals surface area contributed by atoms with Crippen molar-refractivity contribution in [2.24, 2.45) is 0 Å². The van der Waals surface area contributed by atoms with Gasteiger partial charge in [0.05, 0.1) is 23.9 Å². The zero-order valence-electron chi connectivity index (χ0n) is 21.5. The Morgan fingerprint density at radius 1 is 1.18 bits per heavy atom. The van der Waals surface area contributed by atoms with Gasteiger partial charge in [0, 0.05) is 24.1 Å². The lowest BCUT2D eigenvalue weighted by atomic mass is 9.93. The van der Waals surface area contributed by atoms with Crippen LogP contribution in [0.1, 0.15) is 59.3 Å². The number of urea groups is 1. The zero-order valence-corrected chi connectivity index (χ0v) is 21.5. The van der Waals surface area contributed by atoms with Crippen LogP contribution in [0, 0.1) is 6.92 Å². The highest BCUT2D eigenvalue weighted by Crippen LogP contribution is 2.41. The summed E-state index contributed by atoms with van der Waals surface area (Å²) in [5.41, 5.74) is 2.16. The highest BCUT2D eigenvalue weighted by Gasteiger charge is 2.35. The van der Waals surface area contributed by atoms with Gasteiger partial charge in [-0.05, 0) is 51.3 Å². The molecule has 1 aliphatic rings. The van der Waals surface area contributed by atoms with E-state index in [2.05, 4.69) is 10.6 Å². The Hall–Kier alpha value is -4.02. The Balaban J connectivity index is 1.80. The molecule has 0 radical (unpaired) electrons. The Morgan fingerprint density at radius 3 is 2.55 bits per heavy atom. The highest BCUT2D eigenvalue weighted by molar-refractivity contribution is 6.05. The number of ether oxygens (including phenoxy) is 3. The molecule has 2 aromatic rings. The van der Waals surface area contributed by atoms with Crippen LogP contribution < -0.4 is 20.1 Å². The number of hydrogen-bond acceptors (Lipinski definition) is 6. The van der Waals surface area contributed by atoms with Crippen molar-refractivity contribution in [3.8, 4) is 11.5 Å².